The quantitative estimate of drug-likeness (QED) is 0.549. The molecule has 0 atom stereocenters. The first-order valence-electron chi connectivity index (χ1n) is 10.7. The summed E-state index contributed by atoms with van der Waals surface area (Å²) in [4.78, 5) is 7.21. The highest BCUT2D eigenvalue weighted by atomic mass is 16.5. The Morgan fingerprint density at radius 3 is 2.56 bits per heavy atom. The standard InChI is InChI=1S/C25H30N2O5/c1-16-21(28-3)11-10-19(23(16)30-5)25-26-20(17(2)32-25)15-27-12-7-13-31-24-18(14-27)8-6-9-22(24)29-4/h6,8-11H,7,12-15H2,1-5H3. The summed E-state index contributed by atoms with van der Waals surface area (Å²) in [5.41, 5.74) is 3.76. The number of aryl methyl sites for hydroxylation is 1. The van der Waals surface area contributed by atoms with Crippen LogP contribution in [0.5, 0.6) is 23.0 Å². The molecule has 7 heteroatoms. The van der Waals surface area contributed by atoms with Crippen molar-refractivity contribution in [3.63, 3.8) is 0 Å². The fraction of sp³-hybridized carbons (Fsp3) is 0.400. The van der Waals surface area contributed by atoms with Crippen LogP contribution >= 0.6 is 0 Å². The maximum atomic E-state index is 6.07. The van der Waals surface area contributed by atoms with Crippen LogP contribution in [0.15, 0.2) is 34.7 Å². The molecule has 0 radical (unpaired) electrons. The molecular formula is C25H30N2O5. The zero-order chi connectivity index (χ0) is 22.7. The van der Waals surface area contributed by atoms with Gasteiger partial charge in [-0.05, 0) is 38.5 Å². The van der Waals surface area contributed by atoms with Crippen molar-refractivity contribution in [3.05, 3.63) is 52.9 Å². The van der Waals surface area contributed by atoms with Gasteiger partial charge in [-0.3, -0.25) is 4.90 Å². The maximum Gasteiger partial charge on any atom is 0.230 e. The van der Waals surface area contributed by atoms with Gasteiger partial charge in [-0.15, -0.1) is 0 Å². The van der Waals surface area contributed by atoms with Gasteiger partial charge in [0.15, 0.2) is 11.5 Å². The first-order chi connectivity index (χ1) is 15.5. The van der Waals surface area contributed by atoms with Gasteiger partial charge in [-0.1, -0.05) is 12.1 Å². The molecule has 0 aliphatic carbocycles. The average Bonchev–Trinajstić information content (AvgIpc) is 3.14. The Morgan fingerprint density at radius 2 is 1.81 bits per heavy atom. The molecule has 0 fully saturated rings. The summed E-state index contributed by atoms with van der Waals surface area (Å²) in [6.07, 6.45) is 0.923. The van der Waals surface area contributed by atoms with Gasteiger partial charge in [0.1, 0.15) is 17.3 Å². The molecule has 1 aromatic heterocycles. The van der Waals surface area contributed by atoms with Crippen molar-refractivity contribution in [3.8, 4) is 34.5 Å². The number of methoxy groups -OCH3 is 3. The third kappa shape index (κ3) is 4.25. The van der Waals surface area contributed by atoms with Crippen molar-refractivity contribution in [1.29, 1.82) is 0 Å². The van der Waals surface area contributed by atoms with E-state index >= 15 is 0 Å². The molecule has 0 saturated carbocycles. The first-order valence-corrected chi connectivity index (χ1v) is 10.7. The van der Waals surface area contributed by atoms with Gasteiger partial charge >= 0.3 is 0 Å². The van der Waals surface area contributed by atoms with Crippen LogP contribution < -0.4 is 18.9 Å². The Balaban J connectivity index is 1.61. The summed E-state index contributed by atoms with van der Waals surface area (Å²) in [5.74, 6) is 4.44. The van der Waals surface area contributed by atoms with E-state index in [-0.39, 0.29) is 0 Å². The summed E-state index contributed by atoms with van der Waals surface area (Å²) in [6, 6.07) is 9.86. The van der Waals surface area contributed by atoms with Crippen molar-refractivity contribution < 1.29 is 23.4 Å². The normalized spacial score (nSPS) is 14.2. The molecule has 0 bridgehead atoms. The number of aromatic nitrogens is 1. The molecule has 2 heterocycles. The molecule has 0 spiro atoms. The van der Waals surface area contributed by atoms with Crippen molar-refractivity contribution in [2.24, 2.45) is 0 Å². The maximum absolute atomic E-state index is 6.07. The average molecular weight is 439 g/mol. The summed E-state index contributed by atoms with van der Waals surface area (Å²) in [6.45, 7) is 6.91. The summed E-state index contributed by atoms with van der Waals surface area (Å²) in [5, 5.41) is 0. The van der Waals surface area contributed by atoms with E-state index in [1.165, 1.54) is 0 Å². The van der Waals surface area contributed by atoms with Gasteiger partial charge in [0, 0.05) is 30.8 Å². The van der Waals surface area contributed by atoms with Crippen LogP contribution in [0.1, 0.15) is 29.0 Å². The van der Waals surface area contributed by atoms with Gasteiger partial charge in [-0.25, -0.2) is 4.98 Å². The molecular weight excluding hydrogens is 408 g/mol. The van der Waals surface area contributed by atoms with Crippen molar-refractivity contribution >= 4 is 0 Å². The zero-order valence-corrected chi connectivity index (χ0v) is 19.4. The fourth-order valence-corrected chi connectivity index (χ4v) is 4.16. The molecule has 1 aliphatic heterocycles. The number of hydrogen-bond donors (Lipinski definition) is 0. The number of hydrogen-bond acceptors (Lipinski definition) is 7. The lowest BCUT2D eigenvalue weighted by Gasteiger charge is -2.26. The Hall–Kier alpha value is -3.19. The number of para-hydroxylation sites is 1. The molecule has 170 valence electrons. The summed E-state index contributed by atoms with van der Waals surface area (Å²) >= 11 is 0. The van der Waals surface area contributed by atoms with Crippen LogP contribution in [-0.2, 0) is 13.1 Å². The predicted molar refractivity (Wildman–Crippen MR) is 122 cm³/mol. The van der Waals surface area contributed by atoms with Gasteiger partial charge < -0.3 is 23.4 Å². The molecule has 0 saturated heterocycles. The minimum absolute atomic E-state index is 0.553. The van der Waals surface area contributed by atoms with Gasteiger partial charge in [0.25, 0.3) is 0 Å². The third-order valence-electron chi connectivity index (χ3n) is 5.82. The number of ether oxygens (including phenoxy) is 4. The molecule has 0 amide bonds. The Bertz CT molecular complexity index is 1090. The van der Waals surface area contributed by atoms with Crippen LogP contribution in [0.3, 0.4) is 0 Å². The second-order valence-electron chi connectivity index (χ2n) is 7.86. The molecule has 7 nitrogen and oxygen atoms in total. The van der Waals surface area contributed by atoms with Crippen LogP contribution in [0.4, 0.5) is 0 Å². The van der Waals surface area contributed by atoms with Gasteiger partial charge in [0.05, 0.1) is 39.2 Å². The number of benzene rings is 2. The topological polar surface area (TPSA) is 66.2 Å². The number of oxazole rings is 1. The Morgan fingerprint density at radius 1 is 1.00 bits per heavy atom. The molecule has 0 N–H and O–H groups in total. The van der Waals surface area contributed by atoms with Crippen molar-refractivity contribution in [1.82, 2.24) is 9.88 Å². The first kappa shape index (κ1) is 22.0. The molecule has 4 rings (SSSR count). The number of rotatable bonds is 6. The molecule has 32 heavy (non-hydrogen) atoms. The number of fused-ring (bicyclic) bond motifs is 1. The monoisotopic (exact) mass is 438 g/mol. The van der Waals surface area contributed by atoms with Crippen LogP contribution in [0.25, 0.3) is 11.5 Å². The highest BCUT2D eigenvalue weighted by molar-refractivity contribution is 5.68. The van der Waals surface area contributed by atoms with E-state index in [2.05, 4.69) is 11.0 Å². The molecule has 1 aliphatic rings. The van der Waals surface area contributed by atoms with E-state index in [4.69, 9.17) is 28.3 Å². The van der Waals surface area contributed by atoms with E-state index in [0.29, 0.717) is 24.8 Å². The second kappa shape index (κ2) is 9.53. The zero-order valence-electron chi connectivity index (χ0n) is 19.4. The fourth-order valence-electron chi connectivity index (χ4n) is 4.16. The lowest BCUT2D eigenvalue weighted by atomic mass is 10.1. The lowest BCUT2D eigenvalue weighted by Crippen LogP contribution is -2.28. The summed E-state index contributed by atoms with van der Waals surface area (Å²) in [7, 11) is 4.97. The minimum atomic E-state index is 0.553. The Labute approximate surface area is 188 Å². The van der Waals surface area contributed by atoms with Crippen molar-refractivity contribution in [2.45, 2.75) is 33.4 Å². The van der Waals surface area contributed by atoms with E-state index in [1.54, 1.807) is 21.3 Å². The summed E-state index contributed by atoms with van der Waals surface area (Å²) < 4.78 is 28.6. The SMILES string of the molecule is COc1ccc(-c2nc(CN3CCCOc4c(cccc4OC)C3)c(C)o2)c(OC)c1C. The van der Waals surface area contributed by atoms with Crippen molar-refractivity contribution in [2.75, 3.05) is 34.5 Å². The van der Waals surface area contributed by atoms with Gasteiger partial charge in [0.2, 0.25) is 5.89 Å². The van der Waals surface area contributed by atoms with Crippen LogP contribution in [0.2, 0.25) is 0 Å². The second-order valence-corrected chi connectivity index (χ2v) is 7.86. The minimum Gasteiger partial charge on any atom is -0.496 e. The van der Waals surface area contributed by atoms with E-state index in [9.17, 15) is 0 Å². The van der Waals surface area contributed by atoms with Crippen LogP contribution in [-0.4, -0.2) is 44.4 Å². The van der Waals surface area contributed by atoms with Crippen LogP contribution in [0, 0.1) is 13.8 Å². The number of nitrogens with zero attached hydrogens (tertiary/aromatic N) is 2. The smallest absolute Gasteiger partial charge is 0.230 e. The Kier molecular flexibility index (Phi) is 6.55. The largest absolute Gasteiger partial charge is 0.496 e. The predicted octanol–water partition coefficient (Wildman–Crippen LogP) is 4.77. The van der Waals surface area contributed by atoms with E-state index in [1.807, 2.05) is 38.1 Å². The molecule has 0 unspecified atom stereocenters. The lowest BCUT2D eigenvalue weighted by molar-refractivity contribution is 0.193. The van der Waals surface area contributed by atoms with E-state index in [0.717, 1.165) is 64.9 Å². The highest BCUT2D eigenvalue weighted by Crippen LogP contribution is 2.38. The van der Waals surface area contributed by atoms with E-state index < -0.39 is 0 Å². The highest BCUT2D eigenvalue weighted by Gasteiger charge is 2.22. The van der Waals surface area contributed by atoms with Gasteiger partial charge in [-0.2, -0.15) is 0 Å². The molecule has 2 aromatic carbocycles. The molecule has 3 aromatic rings. The third-order valence-corrected chi connectivity index (χ3v) is 5.82.